The minimum atomic E-state index is -1.43. The highest BCUT2D eigenvalue weighted by atomic mass is 32.1. The van der Waals surface area contributed by atoms with Gasteiger partial charge in [-0.1, -0.05) is 47.3 Å². The van der Waals surface area contributed by atoms with E-state index in [1.165, 1.54) is 27.3 Å². The number of urea groups is 1. The summed E-state index contributed by atoms with van der Waals surface area (Å²) >= 11 is 1.40. The van der Waals surface area contributed by atoms with Crippen molar-refractivity contribution in [1.29, 1.82) is 0 Å². The lowest BCUT2D eigenvalue weighted by Crippen LogP contribution is -2.67. The number of thiazole rings is 1. The SMILES string of the molecule is C=CC(=O)N(C)C1(C)C[C@@H](C)[C@@H](N(C)C(=O)N(C)[C@H](C(=O)N[C@H]2Cc3nc(cs3)-c3ccc4c(c3)c(c(-c3cccnc3[C@H](C)OC)n4CC)CC(C)(C)COC(=O)[C@@]3([Si])CCCN(N3)C2=O)C(C)C)C1. The molecule has 4 aromatic rings. The van der Waals surface area contributed by atoms with Gasteiger partial charge in [0.2, 0.25) is 11.8 Å². The molecule has 1 unspecified atom stereocenters. The number of pyridine rings is 1. The Bertz CT molecular complexity index is 2690. The lowest BCUT2D eigenvalue weighted by molar-refractivity contribution is -0.158. The van der Waals surface area contributed by atoms with Crippen LogP contribution in [0.1, 0.15) is 103 Å². The van der Waals surface area contributed by atoms with Gasteiger partial charge < -0.3 is 34.1 Å². The minimum Gasteiger partial charge on any atom is -0.464 e. The van der Waals surface area contributed by atoms with E-state index < -0.39 is 46.0 Å². The number of nitrogens with zero attached hydrogens (tertiary/aromatic N) is 7. The Kier molecular flexibility index (Phi) is 15.8. The minimum absolute atomic E-state index is 0.0452. The predicted octanol–water partition coefficient (Wildman–Crippen LogP) is 6.91. The van der Waals surface area contributed by atoms with Gasteiger partial charge in [0.1, 0.15) is 17.2 Å². The van der Waals surface area contributed by atoms with Gasteiger partial charge in [0, 0.05) is 98.4 Å². The van der Waals surface area contributed by atoms with E-state index in [4.69, 9.17) is 19.4 Å². The van der Waals surface area contributed by atoms with Crippen LogP contribution < -0.4 is 10.7 Å². The molecule has 3 aromatic heterocycles. The average Bonchev–Trinajstić information content (AvgIpc) is 4.03. The van der Waals surface area contributed by atoms with Crippen LogP contribution in [0.25, 0.3) is 33.4 Å². The van der Waals surface area contributed by atoms with Crippen molar-refractivity contribution in [3.05, 3.63) is 70.8 Å². The third-order valence-electron chi connectivity index (χ3n) is 15.1. The van der Waals surface area contributed by atoms with Crippen LogP contribution in [-0.2, 0) is 48.0 Å². The van der Waals surface area contributed by atoms with Crippen molar-refractivity contribution in [3.8, 4) is 22.5 Å². The molecule has 2 aliphatic heterocycles. The molecular weight excluding hydrogens is 935 g/mol. The number of hydrogen-bond acceptors (Lipinski definition) is 11. The van der Waals surface area contributed by atoms with E-state index >= 15 is 0 Å². The highest BCUT2D eigenvalue weighted by molar-refractivity contribution is 7.10. The summed E-state index contributed by atoms with van der Waals surface area (Å²) in [5, 5.41) is 6.63. The van der Waals surface area contributed by atoms with Crippen molar-refractivity contribution in [1.82, 2.24) is 45.0 Å². The van der Waals surface area contributed by atoms with E-state index in [9.17, 15) is 24.0 Å². The number of carbonyl (C=O) groups excluding carboxylic acids is 5. The molecule has 7 rings (SSSR count). The summed E-state index contributed by atoms with van der Waals surface area (Å²) in [7, 11) is 10.5. The first-order valence-corrected chi connectivity index (χ1v) is 26.2. The maximum Gasteiger partial charge on any atom is 0.323 e. The smallest absolute Gasteiger partial charge is 0.323 e. The van der Waals surface area contributed by atoms with Gasteiger partial charge in [0.25, 0.3) is 5.91 Å². The largest absolute Gasteiger partial charge is 0.464 e. The number of rotatable bonds is 11. The number of benzene rings is 1. The second-order valence-corrected chi connectivity index (χ2v) is 23.1. The molecule has 1 aromatic carbocycles. The quantitative estimate of drug-likeness (QED) is 0.0915. The monoisotopic (exact) mass is 1010 g/mol. The molecule has 1 aliphatic carbocycles. The number of carbonyl (C=O) groups is 5. The number of aromatic nitrogens is 3. The first kappa shape index (κ1) is 53.4. The molecule has 71 heavy (non-hydrogen) atoms. The molecule has 3 radical (unpaired) electrons. The maximum absolute atomic E-state index is 14.9. The van der Waals surface area contributed by atoms with Gasteiger partial charge in [-0.2, -0.15) is 0 Å². The summed E-state index contributed by atoms with van der Waals surface area (Å²) in [6, 6.07) is 7.73. The van der Waals surface area contributed by atoms with Crippen molar-refractivity contribution in [2.45, 2.75) is 135 Å². The van der Waals surface area contributed by atoms with Gasteiger partial charge in [0.15, 0.2) is 0 Å². The van der Waals surface area contributed by atoms with Gasteiger partial charge in [-0.05, 0) is 101 Å². The van der Waals surface area contributed by atoms with Gasteiger partial charge in [0.05, 0.1) is 45.0 Å². The van der Waals surface area contributed by atoms with Gasteiger partial charge in [-0.3, -0.25) is 29.2 Å². The van der Waals surface area contributed by atoms with Crippen LogP contribution in [0, 0.1) is 17.3 Å². The molecule has 6 bridgehead atoms. The molecule has 3 aliphatic rings. The van der Waals surface area contributed by atoms with Crippen LogP contribution in [0.15, 0.2) is 54.6 Å². The predicted molar refractivity (Wildman–Crippen MR) is 277 cm³/mol. The lowest BCUT2D eigenvalue weighted by Gasteiger charge is -2.41. The van der Waals surface area contributed by atoms with E-state index in [-0.39, 0.29) is 55.5 Å². The molecule has 1 saturated carbocycles. The second-order valence-electron chi connectivity index (χ2n) is 21.3. The van der Waals surface area contributed by atoms with Crippen molar-refractivity contribution >= 4 is 62.2 Å². The zero-order chi connectivity index (χ0) is 51.9. The fourth-order valence-electron chi connectivity index (χ4n) is 11.1. The van der Waals surface area contributed by atoms with E-state index in [0.29, 0.717) is 43.7 Å². The number of aryl methyl sites for hydroxylation is 1. The lowest BCUT2D eigenvalue weighted by atomic mass is 9.84. The zero-order valence-electron chi connectivity index (χ0n) is 43.6. The second kappa shape index (κ2) is 21.0. The van der Waals surface area contributed by atoms with Gasteiger partial charge in [-0.25, -0.2) is 15.2 Å². The molecule has 5 heterocycles. The van der Waals surface area contributed by atoms with Crippen molar-refractivity contribution in [3.63, 3.8) is 0 Å². The Labute approximate surface area is 426 Å². The van der Waals surface area contributed by atoms with Crippen LogP contribution in [0.2, 0.25) is 0 Å². The van der Waals surface area contributed by atoms with Gasteiger partial charge in [-0.15, -0.1) is 11.3 Å². The van der Waals surface area contributed by atoms with Crippen LogP contribution in [0.3, 0.4) is 0 Å². The average molecular weight is 1010 g/mol. The Morgan fingerprint density at radius 2 is 1.86 bits per heavy atom. The highest BCUT2D eigenvalue weighted by Crippen LogP contribution is 2.43. The number of fused-ring (bicyclic) bond motifs is 6. The summed E-state index contributed by atoms with van der Waals surface area (Å²) in [6.07, 6.45) is 5.46. The Morgan fingerprint density at radius 1 is 1.13 bits per heavy atom. The fourth-order valence-corrected chi connectivity index (χ4v) is 12.3. The molecule has 2 N–H and O–H groups in total. The number of hydrogen-bond donors (Lipinski definition) is 2. The summed E-state index contributed by atoms with van der Waals surface area (Å²) in [4.78, 5) is 85.7. The van der Waals surface area contributed by atoms with Crippen molar-refractivity contribution in [2.24, 2.45) is 17.3 Å². The summed E-state index contributed by atoms with van der Waals surface area (Å²) in [6.45, 7) is 20.8. The van der Waals surface area contributed by atoms with Gasteiger partial charge >= 0.3 is 12.0 Å². The molecule has 16 nitrogen and oxygen atoms in total. The molecule has 0 spiro atoms. The molecule has 381 valence electrons. The van der Waals surface area contributed by atoms with E-state index in [1.54, 1.807) is 44.2 Å². The van der Waals surface area contributed by atoms with E-state index in [2.05, 4.69) is 84.1 Å². The summed E-state index contributed by atoms with van der Waals surface area (Å²) in [5.41, 5.74) is 8.64. The summed E-state index contributed by atoms with van der Waals surface area (Å²) < 4.78 is 14.3. The number of cyclic esters (lactones) is 1. The molecule has 2 fully saturated rings. The molecule has 1 saturated heterocycles. The van der Waals surface area contributed by atoms with Crippen molar-refractivity contribution in [2.75, 3.05) is 41.4 Å². The first-order chi connectivity index (χ1) is 33.5. The number of methoxy groups -OCH3 is 1. The van der Waals surface area contributed by atoms with Crippen LogP contribution >= 0.6 is 11.3 Å². The Balaban J connectivity index is 1.25. The number of hydrazine groups is 1. The third-order valence-corrected chi connectivity index (χ3v) is 16.5. The molecule has 18 heteroatoms. The first-order valence-electron chi connectivity index (χ1n) is 24.8. The molecule has 7 atom stereocenters. The number of ether oxygens (including phenoxy) is 2. The highest BCUT2D eigenvalue weighted by Gasteiger charge is 2.48. The standard InChI is InChI=1S/C53H72N9O7SSi/c1-14-43(63)60(12)52(9)26-32(5)41(28-52)58(10)50(67)59(11)45(31(3)4)47(64)56-38-25-42-55-39(29-70-42)34-19-20-40-36(24-34)37(46(61(40)15-2)35-18-16-22-54-44(35)33(6)68-13)27-51(7,8)30-69-49(66)53(71)21-17-23-62(57-53)48(38)65/h14,16,18-20,22,24,29,31-33,38,41,45,57H,1,15,17,21,23,25-28,30H2,2-13H3,(H,56,64)/t32-,33+,38+,41+,45+,52?,53+/m1/s1. The van der Waals surface area contributed by atoms with E-state index in [0.717, 1.165) is 44.7 Å². The van der Waals surface area contributed by atoms with Crippen molar-refractivity contribution < 1.29 is 33.4 Å². The fraction of sp³-hybridized carbons (Fsp3) is 0.566. The number of amides is 5. The van der Waals surface area contributed by atoms with Crippen LogP contribution in [0.4, 0.5) is 4.79 Å². The topological polar surface area (TPSA) is 172 Å². The number of nitrogens with one attached hydrogen (secondary N) is 2. The molecule has 5 amide bonds. The maximum atomic E-state index is 14.9. The Morgan fingerprint density at radius 3 is 2.54 bits per heavy atom. The molecular formula is C53H72N9O7SSi. The normalized spacial score (nSPS) is 24.5. The third kappa shape index (κ3) is 10.6. The zero-order valence-corrected chi connectivity index (χ0v) is 45.4. The summed E-state index contributed by atoms with van der Waals surface area (Å²) in [5.74, 6) is -2.00. The number of likely N-dealkylation sites (N-methyl/N-ethyl adjacent to an activating group) is 2. The van der Waals surface area contributed by atoms with E-state index in [1.807, 2.05) is 39.1 Å². The van der Waals surface area contributed by atoms with Crippen LogP contribution in [-0.4, -0.2) is 144 Å². The van der Waals surface area contributed by atoms with Crippen LogP contribution in [0.5, 0.6) is 0 Å². The Hall–Kier alpha value is -5.43. The number of esters is 1.